The Morgan fingerprint density at radius 2 is 1.89 bits per heavy atom. The van der Waals surface area contributed by atoms with Crippen molar-refractivity contribution in [1.29, 1.82) is 0 Å². The van der Waals surface area contributed by atoms with Crippen LogP contribution < -0.4 is 10.1 Å². The summed E-state index contributed by atoms with van der Waals surface area (Å²) in [4.78, 5) is 8.88. The van der Waals surface area contributed by atoms with E-state index in [1.54, 1.807) is 19.5 Å². The molecule has 19 heavy (non-hydrogen) atoms. The smallest absolute Gasteiger partial charge is 0.142 e. The first-order chi connectivity index (χ1) is 9.27. The second-order valence-electron chi connectivity index (χ2n) is 3.95. The molecule has 1 unspecified atom stereocenters. The predicted molar refractivity (Wildman–Crippen MR) is 78.2 cm³/mol. The van der Waals surface area contributed by atoms with Gasteiger partial charge in [-0.15, -0.1) is 0 Å². The Hall–Kier alpha value is -1.46. The van der Waals surface area contributed by atoms with Gasteiger partial charge in [-0.25, -0.2) is 0 Å². The molecule has 0 radical (unpaired) electrons. The maximum atomic E-state index is 5.39. The maximum Gasteiger partial charge on any atom is 0.142 e. The summed E-state index contributed by atoms with van der Waals surface area (Å²) in [5.41, 5.74) is 1.74. The van der Waals surface area contributed by atoms with Crippen LogP contribution in [0.4, 0.5) is 0 Å². The van der Waals surface area contributed by atoms with E-state index in [4.69, 9.17) is 4.74 Å². The molecule has 0 aliphatic rings. The van der Waals surface area contributed by atoms with E-state index in [0.717, 1.165) is 28.2 Å². The van der Waals surface area contributed by atoms with E-state index in [-0.39, 0.29) is 6.04 Å². The van der Waals surface area contributed by atoms with Gasteiger partial charge in [0.1, 0.15) is 11.4 Å². The van der Waals surface area contributed by atoms with Crippen molar-refractivity contribution in [2.75, 3.05) is 13.7 Å². The van der Waals surface area contributed by atoms with Gasteiger partial charge in [0.15, 0.2) is 0 Å². The molecule has 0 bridgehead atoms. The highest BCUT2D eigenvalue weighted by molar-refractivity contribution is 9.10. The highest BCUT2D eigenvalue weighted by Crippen LogP contribution is 2.30. The lowest BCUT2D eigenvalue weighted by molar-refractivity contribution is 0.399. The van der Waals surface area contributed by atoms with Crippen molar-refractivity contribution in [3.05, 3.63) is 52.5 Å². The SMILES string of the molecule is CCNC(c1ncccc1Br)c1ncccc1OC. The number of hydrogen-bond acceptors (Lipinski definition) is 4. The van der Waals surface area contributed by atoms with E-state index < -0.39 is 0 Å². The molecule has 1 N–H and O–H groups in total. The van der Waals surface area contributed by atoms with Crippen molar-refractivity contribution in [2.45, 2.75) is 13.0 Å². The molecule has 2 rings (SSSR count). The number of ether oxygens (including phenoxy) is 1. The molecule has 5 heteroatoms. The van der Waals surface area contributed by atoms with Gasteiger partial charge in [0.2, 0.25) is 0 Å². The van der Waals surface area contributed by atoms with Gasteiger partial charge in [-0.05, 0) is 46.7 Å². The summed E-state index contributed by atoms with van der Waals surface area (Å²) >= 11 is 3.54. The van der Waals surface area contributed by atoms with Crippen LogP contribution in [0.1, 0.15) is 24.4 Å². The normalized spacial score (nSPS) is 12.2. The lowest BCUT2D eigenvalue weighted by Gasteiger charge is -2.20. The molecular weight excluding hydrogens is 306 g/mol. The first kappa shape index (κ1) is 14.0. The molecule has 1 atom stereocenters. The Morgan fingerprint density at radius 3 is 2.53 bits per heavy atom. The largest absolute Gasteiger partial charge is 0.495 e. The van der Waals surface area contributed by atoms with Gasteiger partial charge in [0, 0.05) is 16.9 Å². The summed E-state index contributed by atoms with van der Waals surface area (Å²) in [5, 5.41) is 3.40. The molecule has 0 fully saturated rings. The number of hydrogen-bond donors (Lipinski definition) is 1. The van der Waals surface area contributed by atoms with Crippen LogP contribution in [0.5, 0.6) is 5.75 Å². The van der Waals surface area contributed by atoms with Crippen LogP contribution in [-0.4, -0.2) is 23.6 Å². The highest BCUT2D eigenvalue weighted by atomic mass is 79.9. The van der Waals surface area contributed by atoms with Crippen LogP contribution >= 0.6 is 15.9 Å². The zero-order chi connectivity index (χ0) is 13.7. The van der Waals surface area contributed by atoms with E-state index in [1.165, 1.54) is 0 Å². The molecule has 0 aliphatic heterocycles. The molecule has 0 amide bonds. The second kappa shape index (κ2) is 6.63. The Labute approximate surface area is 121 Å². The first-order valence-electron chi connectivity index (χ1n) is 6.10. The number of pyridine rings is 2. The third-order valence-corrected chi connectivity index (χ3v) is 3.43. The van der Waals surface area contributed by atoms with E-state index in [0.29, 0.717) is 0 Å². The minimum absolute atomic E-state index is 0.100. The van der Waals surface area contributed by atoms with Crippen LogP contribution in [0, 0.1) is 0 Å². The van der Waals surface area contributed by atoms with E-state index >= 15 is 0 Å². The van der Waals surface area contributed by atoms with Crippen molar-refractivity contribution in [2.24, 2.45) is 0 Å². The molecule has 4 nitrogen and oxygen atoms in total. The predicted octanol–water partition coefficient (Wildman–Crippen LogP) is 2.95. The van der Waals surface area contributed by atoms with Gasteiger partial charge in [-0.3, -0.25) is 9.97 Å². The minimum atomic E-state index is -0.100. The quantitative estimate of drug-likeness (QED) is 0.919. The molecule has 0 saturated carbocycles. The maximum absolute atomic E-state index is 5.39. The van der Waals surface area contributed by atoms with Crippen molar-refractivity contribution in [1.82, 2.24) is 15.3 Å². The van der Waals surface area contributed by atoms with Gasteiger partial charge in [0.25, 0.3) is 0 Å². The molecule has 0 aromatic carbocycles. The molecule has 2 aromatic heterocycles. The zero-order valence-corrected chi connectivity index (χ0v) is 12.5. The van der Waals surface area contributed by atoms with E-state index in [2.05, 4.69) is 38.1 Å². The molecule has 2 heterocycles. The number of halogens is 1. The average molecular weight is 322 g/mol. The lowest BCUT2D eigenvalue weighted by atomic mass is 10.1. The summed E-state index contributed by atoms with van der Waals surface area (Å²) in [6, 6.07) is 7.54. The fraction of sp³-hybridized carbons (Fsp3) is 0.286. The Balaban J connectivity index is 2.49. The van der Waals surface area contributed by atoms with Gasteiger partial charge in [-0.1, -0.05) is 6.92 Å². The van der Waals surface area contributed by atoms with Crippen LogP contribution in [0.25, 0.3) is 0 Å². The topological polar surface area (TPSA) is 47.0 Å². The third kappa shape index (κ3) is 3.11. The van der Waals surface area contributed by atoms with Crippen molar-refractivity contribution in [3.63, 3.8) is 0 Å². The van der Waals surface area contributed by atoms with Crippen LogP contribution in [0.15, 0.2) is 41.1 Å². The molecule has 2 aromatic rings. The average Bonchev–Trinajstić information content (AvgIpc) is 2.46. The fourth-order valence-electron chi connectivity index (χ4n) is 1.93. The summed E-state index contributed by atoms with van der Waals surface area (Å²) in [7, 11) is 1.65. The van der Waals surface area contributed by atoms with Crippen molar-refractivity contribution < 1.29 is 4.74 Å². The summed E-state index contributed by atoms with van der Waals surface area (Å²) < 4.78 is 6.34. The monoisotopic (exact) mass is 321 g/mol. The van der Waals surface area contributed by atoms with Gasteiger partial charge >= 0.3 is 0 Å². The number of methoxy groups -OCH3 is 1. The summed E-state index contributed by atoms with van der Waals surface area (Å²) in [5.74, 6) is 0.756. The van der Waals surface area contributed by atoms with E-state index in [9.17, 15) is 0 Å². The lowest BCUT2D eigenvalue weighted by Crippen LogP contribution is -2.24. The highest BCUT2D eigenvalue weighted by Gasteiger charge is 2.21. The summed E-state index contributed by atoms with van der Waals surface area (Å²) in [6.07, 6.45) is 3.54. The molecule has 0 spiro atoms. The fourth-order valence-corrected chi connectivity index (χ4v) is 2.41. The van der Waals surface area contributed by atoms with Crippen molar-refractivity contribution in [3.8, 4) is 5.75 Å². The number of aromatic nitrogens is 2. The zero-order valence-electron chi connectivity index (χ0n) is 10.9. The molecule has 100 valence electrons. The number of nitrogens with zero attached hydrogens (tertiary/aromatic N) is 2. The van der Waals surface area contributed by atoms with Crippen LogP contribution in [-0.2, 0) is 0 Å². The minimum Gasteiger partial charge on any atom is -0.495 e. The summed E-state index contributed by atoms with van der Waals surface area (Å²) in [6.45, 7) is 2.87. The number of nitrogens with one attached hydrogen (secondary N) is 1. The van der Waals surface area contributed by atoms with Gasteiger partial charge in [0.05, 0.1) is 18.8 Å². The van der Waals surface area contributed by atoms with Crippen LogP contribution in [0.2, 0.25) is 0 Å². The number of rotatable bonds is 5. The molecule has 0 saturated heterocycles. The first-order valence-corrected chi connectivity index (χ1v) is 6.90. The molecule has 0 aliphatic carbocycles. The van der Waals surface area contributed by atoms with Gasteiger partial charge in [-0.2, -0.15) is 0 Å². The standard InChI is InChI=1S/C14H16BrN3O/c1-3-16-14(12-10(15)6-4-8-17-12)13-11(19-2)7-5-9-18-13/h4-9,14,16H,3H2,1-2H3. The Morgan fingerprint density at radius 1 is 1.21 bits per heavy atom. The third-order valence-electron chi connectivity index (χ3n) is 2.76. The second-order valence-corrected chi connectivity index (χ2v) is 4.81. The Kier molecular flexibility index (Phi) is 4.87. The van der Waals surface area contributed by atoms with E-state index in [1.807, 2.05) is 24.3 Å². The Bertz CT molecular complexity index is 548. The molecular formula is C14H16BrN3O. The van der Waals surface area contributed by atoms with Gasteiger partial charge < -0.3 is 10.1 Å². The van der Waals surface area contributed by atoms with Crippen molar-refractivity contribution >= 4 is 15.9 Å². The van der Waals surface area contributed by atoms with Crippen LogP contribution in [0.3, 0.4) is 0 Å².